The topological polar surface area (TPSA) is 52.7 Å². The van der Waals surface area contributed by atoms with Gasteiger partial charge in [0.05, 0.1) is 12.5 Å². The molecule has 2 heterocycles. The molecule has 3 rings (SSSR count). The Morgan fingerprint density at radius 1 is 1.29 bits per heavy atom. The summed E-state index contributed by atoms with van der Waals surface area (Å²) in [5, 5.41) is 2.81. The molecule has 5 nitrogen and oxygen atoms in total. The van der Waals surface area contributed by atoms with E-state index in [1.54, 1.807) is 17.0 Å². The normalized spacial score (nSPS) is 22.1. The first-order valence-electron chi connectivity index (χ1n) is 8.25. The van der Waals surface area contributed by atoms with Crippen LogP contribution in [0.5, 0.6) is 0 Å². The molecule has 1 unspecified atom stereocenters. The highest BCUT2D eigenvalue weighted by Crippen LogP contribution is 2.23. The summed E-state index contributed by atoms with van der Waals surface area (Å²) >= 11 is 0. The number of carbonyl (C=O) groups excluding carboxylic acids is 2. The predicted octanol–water partition coefficient (Wildman–Crippen LogP) is 1.26. The largest absolute Gasteiger partial charge is 0.353 e. The predicted molar refractivity (Wildman–Crippen MR) is 89.6 cm³/mol. The summed E-state index contributed by atoms with van der Waals surface area (Å²) in [7, 11) is 1.87. The summed E-state index contributed by atoms with van der Waals surface area (Å²) < 4.78 is 13.0. The van der Waals surface area contributed by atoms with Crippen molar-refractivity contribution in [2.24, 2.45) is 0 Å². The molecule has 0 spiro atoms. The van der Waals surface area contributed by atoms with Crippen molar-refractivity contribution in [3.8, 4) is 0 Å². The maximum absolute atomic E-state index is 13.0. The summed E-state index contributed by atoms with van der Waals surface area (Å²) in [5.41, 5.74) is 2.13. The van der Waals surface area contributed by atoms with Crippen LogP contribution in [-0.4, -0.2) is 60.9 Å². The van der Waals surface area contributed by atoms with E-state index in [1.807, 2.05) is 18.0 Å². The molecule has 1 N–H and O–H groups in total. The Hall–Kier alpha value is -2.21. The first kappa shape index (κ1) is 16.6. The summed E-state index contributed by atoms with van der Waals surface area (Å²) in [6, 6.07) is 6.05. The zero-order chi connectivity index (χ0) is 17.1. The van der Waals surface area contributed by atoms with Crippen LogP contribution in [0.4, 0.5) is 4.39 Å². The standard InChI is InChI=1S/C18H22FN3O2/c1-21-11-8-20-18(24)16(21)12-17(23)22-9-6-14(7-10-22)13-2-4-15(19)5-3-13/h2-6,16H,7-12H2,1H3,(H,20,24). The first-order chi connectivity index (χ1) is 11.5. The highest BCUT2D eigenvalue weighted by Gasteiger charge is 2.31. The Kier molecular flexibility index (Phi) is 4.94. The molecule has 1 aromatic rings. The second-order valence-electron chi connectivity index (χ2n) is 6.32. The van der Waals surface area contributed by atoms with Crippen LogP contribution >= 0.6 is 0 Å². The number of likely N-dealkylation sites (N-methyl/N-ethyl adjacent to an activating group) is 1. The molecule has 0 bridgehead atoms. The van der Waals surface area contributed by atoms with Crippen molar-refractivity contribution in [3.63, 3.8) is 0 Å². The Bertz CT molecular complexity index is 657. The van der Waals surface area contributed by atoms with Crippen LogP contribution in [0.3, 0.4) is 0 Å². The number of halogens is 1. The number of nitrogens with one attached hydrogen (secondary N) is 1. The van der Waals surface area contributed by atoms with Crippen LogP contribution in [0.25, 0.3) is 5.57 Å². The van der Waals surface area contributed by atoms with Gasteiger partial charge in [0.15, 0.2) is 0 Å². The lowest BCUT2D eigenvalue weighted by molar-refractivity contribution is -0.138. The zero-order valence-electron chi connectivity index (χ0n) is 13.8. The van der Waals surface area contributed by atoms with E-state index in [4.69, 9.17) is 0 Å². The van der Waals surface area contributed by atoms with Gasteiger partial charge in [0.1, 0.15) is 5.82 Å². The molecular formula is C18H22FN3O2. The fourth-order valence-corrected chi connectivity index (χ4v) is 3.19. The Morgan fingerprint density at radius 2 is 2.04 bits per heavy atom. The van der Waals surface area contributed by atoms with Gasteiger partial charge in [0.2, 0.25) is 11.8 Å². The Labute approximate surface area is 141 Å². The van der Waals surface area contributed by atoms with Gasteiger partial charge in [-0.05, 0) is 36.7 Å². The van der Waals surface area contributed by atoms with Crippen LogP contribution in [0.2, 0.25) is 0 Å². The molecule has 2 aliphatic rings. The van der Waals surface area contributed by atoms with Gasteiger partial charge in [0.25, 0.3) is 0 Å². The molecule has 1 saturated heterocycles. The lowest BCUT2D eigenvalue weighted by Gasteiger charge is -2.33. The fraction of sp³-hybridized carbons (Fsp3) is 0.444. The molecule has 0 saturated carbocycles. The average Bonchev–Trinajstić information content (AvgIpc) is 2.59. The third-order valence-electron chi connectivity index (χ3n) is 4.74. The van der Waals surface area contributed by atoms with E-state index in [9.17, 15) is 14.0 Å². The summed E-state index contributed by atoms with van der Waals surface area (Å²) in [6.45, 7) is 2.55. The van der Waals surface area contributed by atoms with Gasteiger partial charge in [-0.3, -0.25) is 14.5 Å². The van der Waals surface area contributed by atoms with E-state index in [0.29, 0.717) is 19.6 Å². The lowest BCUT2D eigenvalue weighted by atomic mass is 9.99. The van der Waals surface area contributed by atoms with Crippen LogP contribution in [-0.2, 0) is 9.59 Å². The van der Waals surface area contributed by atoms with E-state index >= 15 is 0 Å². The number of nitrogens with zero attached hydrogens (tertiary/aromatic N) is 2. The second kappa shape index (κ2) is 7.13. The van der Waals surface area contributed by atoms with Crippen molar-refractivity contribution in [1.29, 1.82) is 0 Å². The number of amides is 2. The minimum absolute atomic E-state index is 0.00157. The van der Waals surface area contributed by atoms with Crippen molar-refractivity contribution in [3.05, 3.63) is 41.7 Å². The quantitative estimate of drug-likeness (QED) is 0.907. The molecule has 1 aromatic carbocycles. The van der Waals surface area contributed by atoms with Gasteiger partial charge in [-0.25, -0.2) is 4.39 Å². The maximum Gasteiger partial charge on any atom is 0.237 e. The van der Waals surface area contributed by atoms with Crippen molar-refractivity contribution in [1.82, 2.24) is 15.1 Å². The number of piperazine rings is 1. The number of rotatable bonds is 3. The molecule has 0 aliphatic carbocycles. The van der Waals surface area contributed by atoms with Gasteiger partial charge in [-0.15, -0.1) is 0 Å². The molecule has 24 heavy (non-hydrogen) atoms. The highest BCUT2D eigenvalue weighted by molar-refractivity contribution is 5.89. The van der Waals surface area contributed by atoms with E-state index in [1.165, 1.54) is 12.1 Å². The van der Waals surface area contributed by atoms with Gasteiger partial charge in [0, 0.05) is 26.2 Å². The van der Waals surface area contributed by atoms with Crippen LogP contribution < -0.4 is 5.32 Å². The Balaban J connectivity index is 1.60. The van der Waals surface area contributed by atoms with Gasteiger partial charge in [-0.1, -0.05) is 18.2 Å². The average molecular weight is 331 g/mol. The van der Waals surface area contributed by atoms with Gasteiger partial charge >= 0.3 is 0 Å². The minimum atomic E-state index is -0.381. The molecule has 2 amide bonds. The van der Waals surface area contributed by atoms with E-state index < -0.39 is 0 Å². The summed E-state index contributed by atoms with van der Waals surface area (Å²) in [4.78, 5) is 28.1. The van der Waals surface area contributed by atoms with E-state index in [2.05, 4.69) is 5.32 Å². The molecule has 1 atom stereocenters. The fourth-order valence-electron chi connectivity index (χ4n) is 3.19. The maximum atomic E-state index is 13.0. The Morgan fingerprint density at radius 3 is 2.67 bits per heavy atom. The van der Waals surface area contributed by atoms with Crippen LogP contribution in [0.15, 0.2) is 30.3 Å². The monoisotopic (exact) mass is 331 g/mol. The molecule has 128 valence electrons. The van der Waals surface area contributed by atoms with Crippen molar-refractivity contribution >= 4 is 17.4 Å². The second-order valence-corrected chi connectivity index (χ2v) is 6.32. The van der Waals surface area contributed by atoms with E-state index in [0.717, 1.165) is 24.1 Å². The molecule has 0 radical (unpaired) electrons. The number of hydrogen-bond acceptors (Lipinski definition) is 3. The first-order valence-corrected chi connectivity index (χ1v) is 8.25. The summed E-state index contributed by atoms with van der Waals surface area (Å²) in [5.74, 6) is -0.322. The number of hydrogen-bond donors (Lipinski definition) is 1. The molecule has 1 fully saturated rings. The SMILES string of the molecule is CN1CCNC(=O)C1CC(=O)N1CC=C(c2ccc(F)cc2)CC1. The molecular weight excluding hydrogens is 309 g/mol. The van der Waals surface area contributed by atoms with Crippen molar-refractivity contribution < 1.29 is 14.0 Å². The van der Waals surface area contributed by atoms with Crippen LogP contribution in [0, 0.1) is 5.82 Å². The zero-order valence-corrected chi connectivity index (χ0v) is 13.8. The molecule has 0 aromatic heterocycles. The van der Waals surface area contributed by atoms with Crippen LogP contribution in [0.1, 0.15) is 18.4 Å². The van der Waals surface area contributed by atoms with Crippen molar-refractivity contribution in [2.45, 2.75) is 18.9 Å². The molecule has 2 aliphatic heterocycles. The smallest absolute Gasteiger partial charge is 0.237 e. The van der Waals surface area contributed by atoms with Gasteiger partial charge in [-0.2, -0.15) is 0 Å². The minimum Gasteiger partial charge on any atom is -0.353 e. The highest BCUT2D eigenvalue weighted by atomic mass is 19.1. The van der Waals surface area contributed by atoms with Crippen molar-refractivity contribution in [2.75, 3.05) is 33.2 Å². The molecule has 6 heteroatoms. The lowest BCUT2D eigenvalue weighted by Crippen LogP contribution is -2.55. The number of carbonyl (C=O) groups is 2. The third kappa shape index (κ3) is 3.64. The number of benzene rings is 1. The summed E-state index contributed by atoms with van der Waals surface area (Å²) in [6.07, 6.45) is 2.96. The third-order valence-corrected chi connectivity index (χ3v) is 4.74. The van der Waals surface area contributed by atoms with E-state index in [-0.39, 0.29) is 30.1 Å². The van der Waals surface area contributed by atoms with Gasteiger partial charge < -0.3 is 10.2 Å².